The topological polar surface area (TPSA) is 9.49 Å². The van der Waals surface area contributed by atoms with Crippen LogP contribution in [0.4, 0.5) is 0 Å². The number of rotatable bonds is 17. The third-order valence-electron chi connectivity index (χ3n) is 5.97. The largest absolute Gasteiger partial charge is 0.350 e. The van der Waals surface area contributed by atoms with Crippen LogP contribution in [0.25, 0.3) is 0 Å². The van der Waals surface area contributed by atoms with E-state index in [1.54, 1.807) is 0 Å². The van der Waals surface area contributed by atoms with Crippen LogP contribution in [0.3, 0.4) is 0 Å². The molecule has 0 heterocycles. The molecule has 0 aliphatic carbocycles. The van der Waals surface area contributed by atoms with Gasteiger partial charge >= 0.3 is 5.96 Å². The number of hydrogen-bond acceptors (Lipinski definition) is 0. The molecule has 0 saturated heterocycles. The molecule has 0 saturated carbocycles. The van der Waals surface area contributed by atoms with Crippen molar-refractivity contribution < 1.29 is 4.58 Å². The number of nitrogens with zero attached hydrogens (tertiary/aromatic N) is 3. The van der Waals surface area contributed by atoms with Crippen molar-refractivity contribution in [2.75, 3.05) is 32.7 Å². The number of hydrogen-bond donors (Lipinski definition) is 0. The van der Waals surface area contributed by atoms with E-state index in [2.05, 4.69) is 79.3 Å². The van der Waals surface area contributed by atoms with E-state index in [1.807, 2.05) is 0 Å². The van der Waals surface area contributed by atoms with Crippen LogP contribution in [-0.2, 0) is 6.54 Å². The standard InChI is InChI=1S/C28H52N3/c1-6-11-21-29(22-12-7-2)28(30(23-13-8-3)24-14-9-4)31(25-15-10-5)26-27-19-17-16-18-20-27/h16-20H,6-15,21-26H2,1-5H3/q+1. The molecule has 0 unspecified atom stereocenters. The molecule has 0 N–H and O–H groups in total. The Morgan fingerprint density at radius 3 is 1.42 bits per heavy atom. The van der Waals surface area contributed by atoms with E-state index in [-0.39, 0.29) is 0 Å². The van der Waals surface area contributed by atoms with E-state index in [1.165, 1.54) is 102 Å². The molecule has 0 amide bonds. The lowest BCUT2D eigenvalue weighted by Gasteiger charge is -2.31. The van der Waals surface area contributed by atoms with E-state index in [4.69, 9.17) is 0 Å². The van der Waals surface area contributed by atoms with Crippen LogP contribution in [0.2, 0.25) is 0 Å². The molecular formula is C28H52N3+. The van der Waals surface area contributed by atoms with Gasteiger partial charge in [-0.25, -0.2) is 0 Å². The Morgan fingerprint density at radius 1 is 0.613 bits per heavy atom. The van der Waals surface area contributed by atoms with Gasteiger partial charge in [-0.3, -0.25) is 14.4 Å². The Balaban J connectivity index is 3.45. The molecule has 0 spiro atoms. The fourth-order valence-electron chi connectivity index (χ4n) is 4.02. The zero-order valence-electron chi connectivity index (χ0n) is 21.5. The van der Waals surface area contributed by atoms with Gasteiger partial charge in [0.25, 0.3) is 0 Å². The smallest absolute Gasteiger partial charge is 0.265 e. The second-order valence-corrected chi connectivity index (χ2v) is 8.95. The molecule has 0 aliphatic rings. The Kier molecular flexibility index (Phi) is 16.1. The van der Waals surface area contributed by atoms with Gasteiger partial charge in [0.2, 0.25) is 0 Å². The summed E-state index contributed by atoms with van der Waals surface area (Å²) in [6, 6.07) is 11.1. The second-order valence-electron chi connectivity index (χ2n) is 8.95. The Morgan fingerprint density at radius 2 is 1.03 bits per heavy atom. The molecule has 1 rings (SSSR count). The molecule has 178 valence electrons. The normalized spacial score (nSPS) is 10.9. The fourth-order valence-corrected chi connectivity index (χ4v) is 4.02. The third kappa shape index (κ3) is 11.1. The summed E-state index contributed by atoms with van der Waals surface area (Å²) < 4.78 is 2.72. The first-order chi connectivity index (χ1) is 15.2. The number of unbranched alkanes of at least 4 members (excludes halogenated alkanes) is 5. The molecule has 0 bridgehead atoms. The molecule has 0 aliphatic heterocycles. The third-order valence-corrected chi connectivity index (χ3v) is 5.97. The summed E-state index contributed by atoms with van der Waals surface area (Å²) in [6.07, 6.45) is 12.6. The highest BCUT2D eigenvalue weighted by atomic mass is 15.4. The zero-order chi connectivity index (χ0) is 22.7. The van der Waals surface area contributed by atoms with Crippen molar-refractivity contribution in [3.63, 3.8) is 0 Å². The lowest BCUT2D eigenvalue weighted by Crippen LogP contribution is -2.51. The maximum atomic E-state index is 2.75. The van der Waals surface area contributed by atoms with Gasteiger partial charge in [-0.2, -0.15) is 0 Å². The predicted octanol–water partition coefficient (Wildman–Crippen LogP) is 7.16. The Labute approximate surface area is 194 Å². The average molecular weight is 431 g/mol. The molecule has 0 radical (unpaired) electrons. The van der Waals surface area contributed by atoms with Crippen molar-refractivity contribution in [2.45, 2.75) is 105 Å². The first-order valence-electron chi connectivity index (χ1n) is 13.4. The second kappa shape index (κ2) is 18.1. The van der Waals surface area contributed by atoms with Crippen LogP contribution in [0.5, 0.6) is 0 Å². The highest BCUT2D eigenvalue weighted by molar-refractivity contribution is 5.75. The summed E-state index contributed by atoms with van der Waals surface area (Å²) in [7, 11) is 0. The van der Waals surface area contributed by atoms with Crippen LogP contribution in [-0.4, -0.2) is 53.1 Å². The van der Waals surface area contributed by atoms with Crippen molar-refractivity contribution in [1.82, 2.24) is 9.80 Å². The molecule has 1 aromatic rings. The molecule has 0 atom stereocenters. The van der Waals surface area contributed by atoms with Gasteiger partial charge in [0.15, 0.2) is 0 Å². The van der Waals surface area contributed by atoms with Crippen molar-refractivity contribution >= 4 is 5.96 Å². The molecule has 0 aromatic heterocycles. The lowest BCUT2D eigenvalue weighted by atomic mass is 10.2. The minimum atomic E-state index is 1.01. The minimum Gasteiger partial charge on any atom is -0.265 e. The number of benzene rings is 1. The molecule has 0 fully saturated rings. The van der Waals surface area contributed by atoms with E-state index < -0.39 is 0 Å². The van der Waals surface area contributed by atoms with Crippen LogP contribution in [0.1, 0.15) is 104 Å². The van der Waals surface area contributed by atoms with Crippen LogP contribution >= 0.6 is 0 Å². The first kappa shape index (κ1) is 27.5. The highest BCUT2D eigenvalue weighted by Crippen LogP contribution is 2.12. The molecule has 3 heteroatoms. The summed E-state index contributed by atoms with van der Waals surface area (Å²) in [5, 5.41) is 0. The molecular weight excluding hydrogens is 378 g/mol. The van der Waals surface area contributed by atoms with Gasteiger partial charge in [0.1, 0.15) is 0 Å². The van der Waals surface area contributed by atoms with E-state index in [9.17, 15) is 0 Å². The number of guanidine groups is 1. The lowest BCUT2D eigenvalue weighted by molar-refractivity contribution is -0.554. The van der Waals surface area contributed by atoms with E-state index in [0.29, 0.717) is 0 Å². The molecule has 1 aromatic carbocycles. The van der Waals surface area contributed by atoms with Crippen molar-refractivity contribution in [3.8, 4) is 0 Å². The predicted molar refractivity (Wildman–Crippen MR) is 138 cm³/mol. The quantitative estimate of drug-likeness (QED) is 0.147. The van der Waals surface area contributed by atoms with Gasteiger partial charge in [-0.05, 0) is 37.7 Å². The van der Waals surface area contributed by atoms with Crippen molar-refractivity contribution in [2.24, 2.45) is 0 Å². The average Bonchev–Trinajstić information content (AvgIpc) is 2.80. The van der Waals surface area contributed by atoms with Crippen LogP contribution < -0.4 is 0 Å². The summed E-state index contributed by atoms with van der Waals surface area (Å²) in [5.41, 5.74) is 1.42. The highest BCUT2D eigenvalue weighted by Gasteiger charge is 2.28. The van der Waals surface area contributed by atoms with Gasteiger partial charge < -0.3 is 0 Å². The SMILES string of the molecule is CCCCN(CCCC)C(N(CCCC)CCCC)=[N+](CCCC)Cc1ccccc1. The monoisotopic (exact) mass is 430 g/mol. The van der Waals surface area contributed by atoms with E-state index >= 15 is 0 Å². The maximum absolute atomic E-state index is 2.75. The fraction of sp³-hybridized carbons (Fsp3) is 0.750. The van der Waals surface area contributed by atoms with Crippen molar-refractivity contribution in [1.29, 1.82) is 0 Å². The van der Waals surface area contributed by atoms with Crippen LogP contribution in [0, 0.1) is 0 Å². The van der Waals surface area contributed by atoms with Gasteiger partial charge in [0.05, 0.1) is 39.3 Å². The first-order valence-corrected chi connectivity index (χ1v) is 13.4. The van der Waals surface area contributed by atoms with Gasteiger partial charge in [-0.1, -0.05) is 97.1 Å². The van der Waals surface area contributed by atoms with Crippen molar-refractivity contribution in [3.05, 3.63) is 35.9 Å². The summed E-state index contributed by atoms with van der Waals surface area (Å²) >= 11 is 0. The Hall–Kier alpha value is -1.51. The van der Waals surface area contributed by atoms with Gasteiger partial charge in [-0.15, -0.1) is 0 Å². The zero-order valence-corrected chi connectivity index (χ0v) is 21.5. The summed E-state index contributed by atoms with van der Waals surface area (Å²) in [6.45, 7) is 18.5. The molecule has 31 heavy (non-hydrogen) atoms. The summed E-state index contributed by atoms with van der Waals surface area (Å²) in [4.78, 5) is 5.49. The minimum absolute atomic E-state index is 1.01. The summed E-state index contributed by atoms with van der Waals surface area (Å²) in [5.74, 6) is 1.51. The maximum Gasteiger partial charge on any atom is 0.350 e. The van der Waals surface area contributed by atoms with Gasteiger partial charge in [0, 0.05) is 0 Å². The van der Waals surface area contributed by atoms with E-state index in [0.717, 1.165) is 13.1 Å². The Bertz CT molecular complexity index is 529. The molecule has 3 nitrogen and oxygen atoms in total. The van der Waals surface area contributed by atoms with Crippen LogP contribution in [0.15, 0.2) is 30.3 Å².